The molecule has 0 aliphatic carbocycles. The number of halogens is 4. The molecule has 0 atom stereocenters. The summed E-state index contributed by atoms with van der Waals surface area (Å²) in [6.45, 7) is -0.120. The van der Waals surface area contributed by atoms with Crippen molar-refractivity contribution in [1.29, 1.82) is 0 Å². The first kappa shape index (κ1) is 25.4. The van der Waals surface area contributed by atoms with Crippen molar-refractivity contribution >= 4 is 28.4 Å². The predicted molar refractivity (Wildman–Crippen MR) is 134 cm³/mol. The Bertz CT molecular complexity index is 1600. The van der Waals surface area contributed by atoms with E-state index in [2.05, 4.69) is 15.2 Å². The lowest BCUT2D eigenvalue weighted by Gasteiger charge is -2.14. The number of Topliss-reactive ketones (excluding diaryl/α,β-unsaturated/α-hetero) is 1. The number of ketones is 1. The summed E-state index contributed by atoms with van der Waals surface area (Å²) in [5.41, 5.74) is 0.249. The highest BCUT2D eigenvalue weighted by atomic mass is 32.2. The van der Waals surface area contributed by atoms with Crippen LogP contribution >= 0.6 is 11.8 Å². The van der Waals surface area contributed by atoms with Crippen LogP contribution in [0.15, 0.2) is 90.2 Å². The fourth-order valence-corrected chi connectivity index (χ4v) is 4.62. The fourth-order valence-electron chi connectivity index (χ4n) is 3.75. The minimum absolute atomic E-state index is 0.0865. The van der Waals surface area contributed by atoms with Crippen molar-refractivity contribution in [2.45, 2.75) is 17.9 Å². The number of aromatic nitrogens is 4. The maximum atomic E-state index is 13.4. The minimum Gasteiger partial charge on any atom is -0.483 e. The third kappa shape index (κ3) is 5.52. The second-order valence-electron chi connectivity index (χ2n) is 8.12. The molecule has 6 nitrogen and oxygen atoms in total. The molecule has 0 saturated heterocycles. The van der Waals surface area contributed by atoms with E-state index in [1.54, 1.807) is 24.4 Å². The average molecular weight is 539 g/mol. The van der Waals surface area contributed by atoms with Crippen molar-refractivity contribution in [3.63, 3.8) is 0 Å². The summed E-state index contributed by atoms with van der Waals surface area (Å²) in [5.74, 6) is -0.147. The molecule has 0 amide bonds. The molecule has 3 aromatic carbocycles. The van der Waals surface area contributed by atoms with Crippen molar-refractivity contribution in [2.24, 2.45) is 0 Å². The lowest BCUT2D eigenvalue weighted by molar-refractivity contribution is -0.137. The van der Waals surface area contributed by atoms with Crippen molar-refractivity contribution in [1.82, 2.24) is 19.7 Å². The number of thioether (sulfide) groups is 1. The lowest BCUT2D eigenvalue weighted by atomic mass is 10.1. The van der Waals surface area contributed by atoms with Crippen LogP contribution in [0, 0.1) is 5.82 Å². The van der Waals surface area contributed by atoms with Gasteiger partial charge in [-0.2, -0.15) is 13.2 Å². The summed E-state index contributed by atoms with van der Waals surface area (Å²) in [6.07, 6.45) is -2.92. The number of ether oxygens (including phenoxy) is 1. The Morgan fingerprint density at radius 1 is 0.947 bits per heavy atom. The maximum Gasteiger partial charge on any atom is 0.416 e. The molecule has 0 fully saturated rings. The van der Waals surface area contributed by atoms with Gasteiger partial charge in [-0.25, -0.2) is 4.39 Å². The summed E-state index contributed by atoms with van der Waals surface area (Å²) in [5, 5.41) is 9.34. The molecule has 11 heteroatoms. The third-order valence-electron chi connectivity index (χ3n) is 5.58. The van der Waals surface area contributed by atoms with Gasteiger partial charge in [0.15, 0.2) is 16.8 Å². The molecule has 0 bridgehead atoms. The van der Waals surface area contributed by atoms with E-state index in [1.807, 2.05) is 12.1 Å². The Morgan fingerprint density at radius 2 is 1.71 bits per heavy atom. The molecule has 0 aliphatic heterocycles. The number of hydrogen-bond donors (Lipinski definition) is 0. The average Bonchev–Trinajstić information content (AvgIpc) is 3.33. The molecule has 0 saturated carbocycles. The largest absolute Gasteiger partial charge is 0.483 e. The van der Waals surface area contributed by atoms with Crippen molar-refractivity contribution in [2.75, 3.05) is 5.75 Å². The van der Waals surface area contributed by atoms with E-state index in [0.717, 1.165) is 29.3 Å². The number of nitrogens with zero attached hydrogens (tertiary/aromatic N) is 4. The summed E-state index contributed by atoms with van der Waals surface area (Å²) < 4.78 is 60.9. The van der Waals surface area contributed by atoms with Gasteiger partial charge in [0.1, 0.15) is 23.7 Å². The second-order valence-corrected chi connectivity index (χ2v) is 9.06. The minimum atomic E-state index is -4.55. The van der Waals surface area contributed by atoms with E-state index in [9.17, 15) is 22.4 Å². The molecular weight excluding hydrogens is 520 g/mol. The highest BCUT2D eigenvalue weighted by molar-refractivity contribution is 7.99. The van der Waals surface area contributed by atoms with Crippen LogP contribution in [0.4, 0.5) is 17.6 Å². The molecule has 0 unspecified atom stereocenters. The number of carbonyl (C=O) groups excluding carboxylic acids is 1. The lowest BCUT2D eigenvalue weighted by Crippen LogP contribution is -2.10. The SMILES string of the molecule is O=C(CSc1nnc(COc2cccc3cccnc23)n1-c1cccc(C(F)(F)F)c1)c1ccc(F)cc1. The summed E-state index contributed by atoms with van der Waals surface area (Å²) >= 11 is 1.00. The van der Waals surface area contributed by atoms with Crippen molar-refractivity contribution in [3.05, 3.63) is 108 Å². The van der Waals surface area contributed by atoms with E-state index >= 15 is 0 Å². The Balaban J connectivity index is 1.46. The summed E-state index contributed by atoms with van der Waals surface area (Å²) in [4.78, 5) is 17.0. The Hall–Kier alpha value is -4.25. The van der Waals surface area contributed by atoms with Crippen LogP contribution in [0.1, 0.15) is 21.7 Å². The monoisotopic (exact) mass is 538 g/mol. The van der Waals surface area contributed by atoms with Gasteiger partial charge in [0, 0.05) is 17.1 Å². The van der Waals surface area contributed by atoms with Crippen LogP contribution in [0.25, 0.3) is 16.6 Å². The standard InChI is InChI=1S/C27H18F4N4O2S/c28-20-11-9-17(10-12-20)22(36)16-38-26-34-33-24(35(26)21-7-2-6-19(14-21)27(29,30)31)15-37-23-8-1-4-18-5-3-13-32-25(18)23/h1-14H,15-16H2. The van der Waals surface area contributed by atoms with Crippen LogP contribution in [0.3, 0.4) is 0 Å². The van der Waals surface area contributed by atoms with Gasteiger partial charge in [0.2, 0.25) is 0 Å². The number of benzene rings is 3. The van der Waals surface area contributed by atoms with E-state index in [-0.39, 0.29) is 34.8 Å². The second kappa shape index (κ2) is 10.6. The van der Waals surface area contributed by atoms with Gasteiger partial charge in [-0.1, -0.05) is 36.0 Å². The molecule has 5 rings (SSSR count). The highest BCUT2D eigenvalue weighted by Gasteiger charge is 2.31. The van der Waals surface area contributed by atoms with Crippen molar-refractivity contribution < 1.29 is 27.1 Å². The van der Waals surface area contributed by atoms with Gasteiger partial charge in [0.25, 0.3) is 0 Å². The molecule has 0 radical (unpaired) electrons. The molecule has 2 heterocycles. The topological polar surface area (TPSA) is 69.9 Å². The number of pyridine rings is 1. The van der Waals surface area contributed by atoms with Gasteiger partial charge in [0.05, 0.1) is 17.0 Å². The zero-order chi connectivity index (χ0) is 26.7. The molecule has 0 N–H and O–H groups in total. The number of hydrogen-bond acceptors (Lipinski definition) is 6. The fraction of sp³-hybridized carbons (Fsp3) is 0.111. The molecule has 2 aromatic heterocycles. The first-order valence-corrected chi connectivity index (χ1v) is 12.3. The van der Waals surface area contributed by atoms with E-state index in [1.165, 1.54) is 41.0 Å². The molecule has 0 spiro atoms. The molecule has 192 valence electrons. The van der Waals surface area contributed by atoms with E-state index < -0.39 is 17.6 Å². The van der Waals surface area contributed by atoms with E-state index in [4.69, 9.17) is 4.74 Å². The molecule has 0 aliphatic rings. The zero-order valence-electron chi connectivity index (χ0n) is 19.5. The normalized spacial score (nSPS) is 11.6. The zero-order valence-corrected chi connectivity index (χ0v) is 20.3. The Morgan fingerprint density at radius 3 is 2.50 bits per heavy atom. The Labute approximate surface area is 218 Å². The quantitative estimate of drug-likeness (QED) is 0.127. The number of alkyl halides is 3. The van der Waals surface area contributed by atoms with E-state index in [0.29, 0.717) is 16.8 Å². The van der Waals surface area contributed by atoms with Crippen molar-refractivity contribution in [3.8, 4) is 11.4 Å². The third-order valence-corrected chi connectivity index (χ3v) is 6.51. The van der Waals surface area contributed by atoms with Crippen LogP contribution < -0.4 is 4.74 Å². The van der Waals surface area contributed by atoms with Crippen LogP contribution in [0.5, 0.6) is 5.75 Å². The van der Waals surface area contributed by atoms with Gasteiger partial charge < -0.3 is 4.74 Å². The molecule has 38 heavy (non-hydrogen) atoms. The molecule has 5 aromatic rings. The van der Waals surface area contributed by atoms with Gasteiger partial charge in [-0.3, -0.25) is 14.3 Å². The summed E-state index contributed by atoms with van der Waals surface area (Å²) in [7, 11) is 0. The smallest absolute Gasteiger partial charge is 0.416 e. The van der Waals surface area contributed by atoms with Gasteiger partial charge in [-0.05, 0) is 54.6 Å². The number of para-hydroxylation sites is 1. The Kier molecular flexibility index (Phi) is 7.10. The molecular formula is C27H18F4N4O2S. The highest BCUT2D eigenvalue weighted by Crippen LogP contribution is 2.32. The van der Waals surface area contributed by atoms with Gasteiger partial charge in [-0.15, -0.1) is 10.2 Å². The van der Waals surface area contributed by atoms with Crippen LogP contribution in [-0.4, -0.2) is 31.3 Å². The van der Waals surface area contributed by atoms with Crippen LogP contribution in [0.2, 0.25) is 0 Å². The number of fused-ring (bicyclic) bond motifs is 1. The van der Waals surface area contributed by atoms with Gasteiger partial charge >= 0.3 is 6.18 Å². The number of carbonyl (C=O) groups is 1. The maximum absolute atomic E-state index is 13.4. The predicted octanol–water partition coefficient (Wildman–Crippen LogP) is 6.53. The van der Waals surface area contributed by atoms with Crippen LogP contribution in [-0.2, 0) is 12.8 Å². The first-order chi connectivity index (χ1) is 18.3. The summed E-state index contributed by atoms with van der Waals surface area (Å²) in [6, 6.07) is 18.9. The first-order valence-electron chi connectivity index (χ1n) is 11.3. The number of rotatable bonds is 8.